The van der Waals surface area contributed by atoms with E-state index in [9.17, 15) is 9.90 Å². The van der Waals surface area contributed by atoms with E-state index in [1.807, 2.05) is 6.92 Å². The number of carbonyl (C=O) groups is 1. The van der Waals surface area contributed by atoms with Crippen LogP contribution in [-0.2, 0) is 0 Å². The summed E-state index contributed by atoms with van der Waals surface area (Å²) in [5, 5.41) is 17.8. The van der Waals surface area contributed by atoms with Crippen LogP contribution in [0.1, 0.15) is 13.3 Å². The summed E-state index contributed by atoms with van der Waals surface area (Å²) in [6, 6.07) is 9.72. The van der Waals surface area contributed by atoms with Gasteiger partial charge in [0.2, 0.25) is 0 Å². The van der Waals surface area contributed by atoms with E-state index in [1.165, 1.54) is 0 Å². The number of amides is 2. The number of hydrogen-bond donors (Lipinski definition) is 4. The fourth-order valence-electron chi connectivity index (χ4n) is 2.12. The Morgan fingerprint density at radius 1 is 1.08 bits per heavy atom. The zero-order valence-electron chi connectivity index (χ0n) is 13.7. The third-order valence-electron chi connectivity index (χ3n) is 3.32. The minimum Gasteiger partial charge on any atom is -0.508 e. The molecule has 0 aliphatic heterocycles. The Balaban J connectivity index is 1.78. The smallest absolute Gasteiger partial charge is 0.320 e. The Labute approximate surface area is 144 Å². The number of hydrogen-bond acceptors (Lipinski definition) is 6. The molecule has 0 saturated heterocycles. The summed E-state index contributed by atoms with van der Waals surface area (Å²) in [6.07, 6.45) is 2.45. The van der Waals surface area contributed by atoms with E-state index < -0.39 is 0 Å². The number of nitrogens with one attached hydrogen (secondary N) is 3. The monoisotopic (exact) mass is 338 g/mol. The van der Waals surface area contributed by atoms with Gasteiger partial charge in [-0.3, -0.25) is 5.32 Å². The average Bonchev–Trinajstić information content (AvgIpc) is 2.61. The van der Waals surface area contributed by atoms with Gasteiger partial charge in [-0.15, -0.1) is 0 Å². The molecule has 0 radical (unpaired) electrons. The normalized spacial score (nSPS) is 10.4. The SMILES string of the molecule is CCCNC(=O)Nc1ccc2ncc(Nc3ccc(O)cc3)nc2n1. The maximum atomic E-state index is 11.7. The maximum absolute atomic E-state index is 11.7. The highest BCUT2D eigenvalue weighted by Crippen LogP contribution is 2.19. The number of fused-ring (bicyclic) bond motifs is 1. The van der Waals surface area contributed by atoms with Gasteiger partial charge in [0.1, 0.15) is 17.1 Å². The molecular weight excluding hydrogens is 320 g/mol. The molecule has 0 saturated carbocycles. The van der Waals surface area contributed by atoms with Gasteiger partial charge in [-0.25, -0.2) is 19.7 Å². The summed E-state index contributed by atoms with van der Waals surface area (Å²) in [7, 11) is 0. The highest BCUT2D eigenvalue weighted by Gasteiger charge is 2.06. The highest BCUT2D eigenvalue weighted by molar-refractivity contribution is 5.89. The second-order valence-electron chi connectivity index (χ2n) is 5.35. The number of rotatable bonds is 5. The Hall–Kier alpha value is -3.42. The predicted molar refractivity (Wildman–Crippen MR) is 96.0 cm³/mol. The highest BCUT2D eigenvalue weighted by atomic mass is 16.3. The molecule has 3 rings (SSSR count). The first-order valence-corrected chi connectivity index (χ1v) is 7.89. The topological polar surface area (TPSA) is 112 Å². The van der Waals surface area contributed by atoms with Crippen LogP contribution in [0.25, 0.3) is 11.2 Å². The predicted octanol–water partition coefficient (Wildman–Crippen LogP) is 3.01. The summed E-state index contributed by atoms with van der Waals surface area (Å²) in [5.41, 5.74) is 1.80. The molecular formula is C17H18N6O2. The first kappa shape index (κ1) is 16.4. The molecule has 0 spiro atoms. The van der Waals surface area contributed by atoms with Crippen LogP contribution in [0.4, 0.5) is 22.1 Å². The standard InChI is InChI=1S/C17H18N6O2/c1-2-9-18-17(25)23-14-8-7-13-16(21-14)22-15(10-19-13)20-11-3-5-12(24)6-4-11/h3-8,10,24H,2,9H2,1H3,(H3,18,20,21,22,23,25). The van der Waals surface area contributed by atoms with Crippen LogP contribution in [0.15, 0.2) is 42.6 Å². The number of pyridine rings is 1. The molecule has 3 aromatic rings. The van der Waals surface area contributed by atoms with E-state index in [1.54, 1.807) is 42.6 Å². The first-order valence-electron chi connectivity index (χ1n) is 7.89. The fraction of sp³-hybridized carbons (Fsp3) is 0.176. The lowest BCUT2D eigenvalue weighted by atomic mass is 10.3. The first-order chi connectivity index (χ1) is 12.1. The van der Waals surface area contributed by atoms with E-state index in [4.69, 9.17) is 0 Å². The van der Waals surface area contributed by atoms with Crippen LogP contribution in [0, 0.1) is 0 Å². The van der Waals surface area contributed by atoms with Gasteiger partial charge in [0.25, 0.3) is 0 Å². The maximum Gasteiger partial charge on any atom is 0.320 e. The number of phenols is 1. The van der Waals surface area contributed by atoms with E-state index in [-0.39, 0.29) is 11.8 Å². The lowest BCUT2D eigenvalue weighted by Crippen LogP contribution is -2.29. The molecule has 2 aromatic heterocycles. The van der Waals surface area contributed by atoms with Crippen LogP contribution >= 0.6 is 0 Å². The number of phenolic OH excluding ortho intramolecular Hbond substituents is 1. The third kappa shape index (κ3) is 4.31. The van der Waals surface area contributed by atoms with E-state index in [0.29, 0.717) is 29.3 Å². The summed E-state index contributed by atoms with van der Waals surface area (Å²) >= 11 is 0. The van der Waals surface area contributed by atoms with Crippen molar-refractivity contribution in [2.24, 2.45) is 0 Å². The second-order valence-corrected chi connectivity index (χ2v) is 5.35. The molecule has 1 aromatic carbocycles. The van der Waals surface area contributed by atoms with Crippen LogP contribution in [-0.4, -0.2) is 32.6 Å². The fourth-order valence-corrected chi connectivity index (χ4v) is 2.12. The molecule has 2 heterocycles. The van der Waals surface area contributed by atoms with Gasteiger partial charge in [0.05, 0.1) is 6.20 Å². The quantitative estimate of drug-likeness (QED) is 0.532. The lowest BCUT2D eigenvalue weighted by molar-refractivity contribution is 0.252. The van der Waals surface area contributed by atoms with Gasteiger partial charge in [0, 0.05) is 12.2 Å². The van der Waals surface area contributed by atoms with Crippen molar-refractivity contribution in [1.29, 1.82) is 0 Å². The summed E-state index contributed by atoms with van der Waals surface area (Å²) < 4.78 is 0. The van der Waals surface area contributed by atoms with Crippen molar-refractivity contribution in [3.05, 3.63) is 42.6 Å². The van der Waals surface area contributed by atoms with Crippen molar-refractivity contribution in [1.82, 2.24) is 20.3 Å². The van der Waals surface area contributed by atoms with E-state index in [2.05, 4.69) is 30.9 Å². The molecule has 0 aliphatic rings. The van der Waals surface area contributed by atoms with Gasteiger partial charge >= 0.3 is 6.03 Å². The van der Waals surface area contributed by atoms with Crippen molar-refractivity contribution >= 4 is 34.5 Å². The Kier molecular flexibility index (Phi) is 4.89. The molecule has 8 nitrogen and oxygen atoms in total. The minimum absolute atomic E-state index is 0.189. The van der Waals surface area contributed by atoms with E-state index in [0.717, 1.165) is 12.1 Å². The number of anilines is 3. The van der Waals surface area contributed by atoms with Crippen molar-refractivity contribution in [3.8, 4) is 5.75 Å². The van der Waals surface area contributed by atoms with Crippen LogP contribution < -0.4 is 16.0 Å². The van der Waals surface area contributed by atoms with Gasteiger partial charge in [-0.2, -0.15) is 0 Å². The van der Waals surface area contributed by atoms with Crippen molar-refractivity contribution in [2.75, 3.05) is 17.2 Å². The number of urea groups is 1. The number of benzene rings is 1. The van der Waals surface area contributed by atoms with Gasteiger partial charge in [-0.05, 0) is 42.8 Å². The molecule has 8 heteroatoms. The molecule has 0 unspecified atom stereocenters. The lowest BCUT2D eigenvalue weighted by Gasteiger charge is -2.08. The number of nitrogens with zero attached hydrogens (tertiary/aromatic N) is 3. The zero-order chi connectivity index (χ0) is 17.6. The number of aromatic nitrogens is 3. The summed E-state index contributed by atoms with van der Waals surface area (Å²) in [4.78, 5) is 24.7. The average molecular weight is 338 g/mol. The second kappa shape index (κ2) is 7.43. The third-order valence-corrected chi connectivity index (χ3v) is 3.32. The van der Waals surface area contributed by atoms with Crippen molar-refractivity contribution in [2.45, 2.75) is 13.3 Å². The van der Waals surface area contributed by atoms with Crippen molar-refractivity contribution < 1.29 is 9.90 Å². The van der Waals surface area contributed by atoms with Crippen LogP contribution in [0.3, 0.4) is 0 Å². The van der Waals surface area contributed by atoms with Crippen LogP contribution in [0.2, 0.25) is 0 Å². The molecule has 4 N–H and O–H groups in total. The molecule has 0 atom stereocenters. The number of carbonyl (C=O) groups excluding carboxylic acids is 1. The Morgan fingerprint density at radius 2 is 1.84 bits per heavy atom. The van der Waals surface area contributed by atoms with Gasteiger partial charge < -0.3 is 15.7 Å². The van der Waals surface area contributed by atoms with Gasteiger partial charge in [0.15, 0.2) is 11.5 Å². The largest absolute Gasteiger partial charge is 0.508 e. The Bertz CT molecular complexity index is 882. The molecule has 0 bridgehead atoms. The molecule has 128 valence electrons. The van der Waals surface area contributed by atoms with Crippen molar-refractivity contribution in [3.63, 3.8) is 0 Å². The molecule has 0 aliphatic carbocycles. The molecule has 0 fully saturated rings. The summed E-state index contributed by atoms with van der Waals surface area (Å²) in [6.45, 7) is 2.58. The Morgan fingerprint density at radius 3 is 2.60 bits per heavy atom. The van der Waals surface area contributed by atoms with Crippen LogP contribution in [0.5, 0.6) is 5.75 Å². The minimum atomic E-state index is -0.306. The number of aromatic hydroxyl groups is 1. The zero-order valence-corrected chi connectivity index (χ0v) is 13.7. The van der Waals surface area contributed by atoms with Gasteiger partial charge in [-0.1, -0.05) is 6.92 Å². The van der Waals surface area contributed by atoms with E-state index >= 15 is 0 Å². The molecule has 2 amide bonds. The summed E-state index contributed by atoms with van der Waals surface area (Å²) in [5.74, 6) is 1.10. The molecule has 25 heavy (non-hydrogen) atoms.